The molecule has 2 aromatic rings. The molecular formula is C21H24Cl2N2O2. The predicted molar refractivity (Wildman–Crippen MR) is 109 cm³/mol. The molecule has 4 nitrogen and oxygen atoms in total. The first kappa shape index (κ1) is 20.0. The summed E-state index contributed by atoms with van der Waals surface area (Å²) in [6.07, 6.45) is 2.62. The van der Waals surface area contributed by atoms with Crippen molar-refractivity contribution in [3.63, 3.8) is 0 Å². The van der Waals surface area contributed by atoms with E-state index in [-0.39, 0.29) is 5.91 Å². The number of hydrogen-bond donors (Lipinski definition) is 1. The Morgan fingerprint density at radius 2 is 1.96 bits per heavy atom. The number of benzene rings is 2. The van der Waals surface area contributed by atoms with E-state index in [0.717, 1.165) is 49.4 Å². The zero-order valence-electron chi connectivity index (χ0n) is 15.2. The van der Waals surface area contributed by atoms with Gasteiger partial charge in [-0.05, 0) is 55.3 Å². The van der Waals surface area contributed by atoms with Gasteiger partial charge in [0.1, 0.15) is 12.4 Å². The number of halogens is 2. The molecule has 2 aromatic carbocycles. The smallest absolute Gasteiger partial charge is 0.222 e. The molecule has 0 atom stereocenters. The van der Waals surface area contributed by atoms with E-state index >= 15 is 0 Å². The number of nitrogens with one attached hydrogen (secondary N) is 1. The van der Waals surface area contributed by atoms with Gasteiger partial charge in [0.15, 0.2) is 0 Å². The normalized spacial score (nSPS) is 14.0. The van der Waals surface area contributed by atoms with E-state index in [1.165, 1.54) is 0 Å². The highest BCUT2D eigenvalue weighted by Gasteiger charge is 2.18. The van der Waals surface area contributed by atoms with E-state index in [1.807, 2.05) is 47.4 Å². The zero-order valence-corrected chi connectivity index (χ0v) is 16.7. The number of rotatable bonds is 9. The molecule has 3 rings (SSSR count). The summed E-state index contributed by atoms with van der Waals surface area (Å²) >= 11 is 12.2. The lowest BCUT2D eigenvalue weighted by Crippen LogP contribution is -2.28. The lowest BCUT2D eigenvalue weighted by molar-refractivity contribution is -0.127. The molecule has 1 heterocycles. The van der Waals surface area contributed by atoms with Crippen molar-refractivity contribution in [3.05, 3.63) is 63.6 Å². The summed E-state index contributed by atoms with van der Waals surface area (Å²) in [6.45, 7) is 3.67. The maximum Gasteiger partial charge on any atom is 0.222 e. The molecule has 0 aliphatic carbocycles. The average Bonchev–Trinajstić information content (AvgIpc) is 3.06. The third kappa shape index (κ3) is 6.13. The van der Waals surface area contributed by atoms with Crippen LogP contribution in [0.15, 0.2) is 42.5 Å². The maximum atomic E-state index is 11.6. The summed E-state index contributed by atoms with van der Waals surface area (Å²) in [7, 11) is 0. The fourth-order valence-electron chi connectivity index (χ4n) is 3.17. The van der Waals surface area contributed by atoms with E-state index in [4.69, 9.17) is 27.9 Å². The van der Waals surface area contributed by atoms with Crippen LogP contribution in [0.25, 0.3) is 0 Å². The van der Waals surface area contributed by atoms with Crippen molar-refractivity contribution >= 4 is 29.1 Å². The Kier molecular flexibility index (Phi) is 7.39. The molecule has 1 aliphatic rings. The van der Waals surface area contributed by atoms with Gasteiger partial charge in [0.05, 0.1) is 0 Å². The van der Waals surface area contributed by atoms with Crippen LogP contribution in [0.4, 0.5) is 0 Å². The summed E-state index contributed by atoms with van der Waals surface area (Å²) in [5.74, 6) is 1.09. The minimum atomic E-state index is 0.279. The van der Waals surface area contributed by atoms with Crippen LogP contribution < -0.4 is 10.1 Å². The van der Waals surface area contributed by atoms with Crippen molar-refractivity contribution in [1.82, 2.24) is 10.2 Å². The molecule has 144 valence electrons. The number of likely N-dealkylation sites (tertiary alicyclic amines) is 1. The second-order valence-corrected chi connectivity index (χ2v) is 7.56. The molecule has 0 radical (unpaired) electrons. The summed E-state index contributed by atoms with van der Waals surface area (Å²) in [5, 5.41) is 4.80. The van der Waals surface area contributed by atoms with Gasteiger partial charge in [-0.3, -0.25) is 4.79 Å². The molecule has 6 heteroatoms. The van der Waals surface area contributed by atoms with Crippen LogP contribution in [0.3, 0.4) is 0 Å². The first-order valence-corrected chi connectivity index (χ1v) is 10.0. The van der Waals surface area contributed by atoms with Crippen molar-refractivity contribution in [2.45, 2.75) is 32.4 Å². The Bertz CT molecular complexity index is 783. The monoisotopic (exact) mass is 406 g/mol. The average molecular weight is 407 g/mol. The van der Waals surface area contributed by atoms with Gasteiger partial charge >= 0.3 is 0 Å². The minimum absolute atomic E-state index is 0.279. The molecule has 27 heavy (non-hydrogen) atoms. The lowest BCUT2D eigenvalue weighted by Gasteiger charge is -2.16. The molecule has 1 N–H and O–H groups in total. The lowest BCUT2D eigenvalue weighted by atomic mass is 10.2. The van der Waals surface area contributed by atoms with Gasteiger partial charge in [-0.2, -0.15) is 0 Å². The van der Waals surface area contributed by atoms with E-state index in [1.54, 1.807) is 0 Å². The number of amides is 1. The Morgan fingerprint density at radius 3 is 2.74 bits per heavy atom. The highest BCUT2D eigenvalue weighted by Crippen LogP contribution is 2.24. The van der Waals surface area contributed by atoms with Crippen molar-refractivity contribution in [1.29, 1.82) is 0 Å². The largest absolute Gasteiger partial charge is 0.489 e. The highest BCUT2D eigenvalue weighted by atomic mass is 35.5. The van der Waals surface area contributed by atoms with Gasteiger partial charge < -0.3 is 15.0 Å². The SMILES string of the molecule is O=C1CCCN1CCCNCc1cc(Cl)ccc1OCc1cccc(Cl)c1. The summed E-state index contributed by atoms with van der Waals surface area (Å²) < 4.78 is 5.98. The first-order valence-electron chi connectivity index (χ1n) is 9.26. The van der Waals surface area contributed by atoms with Crippen LogP contribution in [-0.4, -0.2) is 30.4 Å². The number of hydrogen-bond acceptors (Lipinski definition) is 3. The second kappa shape index (κ2) is 9.98. The van der Waals surface area contributed by atoms with E-state index in [9.17, 15) is 4.79 Å². The van der Waals surface area contributed by atoms with Gasteiger partial charge in [-0.1, -0.05) is 35.3 Å². The van der Waals surface area contributed by atoms with Crippen molar-refractivity contribution in [3.8, 4) is 5.75 Å². The molecule has 1 fully saturated rings. The third-order valence-electron chi connectivity index (χ3n) is 4.57. The standard InChI is InChI=1S/C21H24Cl2N2O2/c22-18-5-1-4-16(12-18)15-27-20-8-7-19(23)13-17(20)14-24-9-3-11-25-10-2-6-21(25)26/h1,4-5,7-8,12-13,24H,2-3,6,9-11,14-15H2. The topological polar surface area (TPSA) is 41.6 Å². The Balaban J connectivity index is 1.48. The zero-order chi connectivity index (χ0) is 19.1. The summed E-state index contributed by atoms with van der Waals surface area (Å²) in [6, 6.07) is 13.3. The van der Waals surface area contributed by atoms with Crippen LogP contribution in [0, 0.1) is 0 Å². The molecule has 0 saturated carbocycles. The number of nitrogens with zero attached hydrogens (tertiary/aromatic N) is 1. The van der Waals surface area contributed by atoms with Crippen LogP contribution in [0.5, 0.6) is 5.75 Å². The first-order chi connectivity index (χ1) is 13.1. The van der Waals surface area contributed by atoms with Gasteiger partial charge in [-0.15, -0.1) is 0 Å². The van der Waals surface area contributed by atoms with Crippen LogP contribution >= 0.6 is 23.2 Å². The van der Waals surface area contributed by atoms with Crippen LogP contribution in [0.2, 0.25) is 10.0 Å². The Hall–Kier alpha value is -1.75. The Morgan fingerprint density at radius 1 is 1.11 bits per heavy atom. The van der Waals surface area contributed by atoms with Crippen LogP contribution in [0.1, 0.15) is 30.4 Å². The van der Waals surface area contributed by atoms with Gasteiger partial charge in [0, 0.05) is 41.7 Å². The number of carbonyl (C=O) groups excluding carboxylic acids is 1. The molecule has 1 amide bonds. The van der Waals surface area contributed by atoms with Gasteiger partial charge in [-0.25, -0.2) is 0 Å². The fraction of sp³-hybridized carbons (Fsp3) is 0.381. The summed E-state index contributed by atoms with van der Waals surface area (Å²) in [5.41, 5.74) is 2.04. The van der Waals surface area contributed by atoms with Gasteiger partial charge in [0.2, 0.25) is 5.91 Å². The quantitative estimate of drug-likeness (QED) is 0.614. The molecular weight excluding hydrogens is 383 g/mol. The number of ether oxygens (including phenoxy) is 1. The van der Waals surface area contributed by atoms with Gasteiger partial charge in [0.25, 0.3) is 0 Å². The van der Waals surface area contributed by atoms with Crippen molar-refractivity contribution < 1.29 is 9.53 Å². The molecule has 0 aromatic heterocycles. The highest BCUT2D eigenvalue weighted by molar-refractivity contribution is 6.30. The minimum Gasteiger partial charge on any atom is -0.489 e. The molecule has 0 spiro atoms. The molecule has 1 saturated heterocycles. The van der Waals surface area contributed by atoms with E-state index < -0.39 is 0 Å². The molecule has 0 bridgehead atoms. The van der Waals surface area contributed by atoms with Crippen molar-refractivity contribution in [2.24, 2.45) is 0 Å². The van der Waals surface area contributed by atoms with Crippen LogP contribution in [-0.2, 0) is 17.9 Å². The number of carbonyl (C=O) groups is 1. The summed E-state index contributed by atoms with van der Waals surface area (Å²) in [4.78, 5) is 13.6. The molecule has 0 unspecified atom stereocenters. The fourth-order valence-corrected chi connectivity index (χ4v) is 3.58. The van der Waals surface area contributed by atoms with E-state index in [2.05, 4.69) is 5.32 Å². The predicted octanol–water partition coefficient (Wildman–Crippen LogP) is 4.67. The van der Waals surface area contributed by atoms with Crippen molar-refractivity contribution in [2.75, 3.05) is 19.6 Å². The molecule has 1 aliphatic heterocycles. The third-order valence-corrected chi connectivity index (χ3v) is 5.04. The second-order valence-electron chi connectivity index (χ2n) is 6.69. The van der Waals surface area contributed by atoms with E-state index in [0.29, 0.717) is 29.6 Å². The maximum absolute atomic E-state index is 11.6. The Labute approximate surface area is 170 Å².